The Bertz CT molecular complexity index is 188. The Kier molecular flexibility index (Phi) is 3.64. The largest absolute Gasteiger partial charge is 0.357 e. The number of nitrogens with one attached hydrogen (secondary N) is 1. The first-order valence-electron chi connectivity index (χ1n) is 4.61. The van der Waals surface area contributed by atoms with Gasteiger partial charge in [0.15, 0.2) is 0 Å². The molecule has 0 spiro atoms. The van der Waals surface area contributed by atoms with E-state index in [1.807, 2.05) is 6.20 Å². The van der Waals surface area contributed by atoms with Crippen LogP contribution in [0.3, 0.4) is 0 Å². The van der Waals surface area contributed by atoms with Crippen LogP contribution in [0.1, 0.15) is 26.7 Å². The maximum Gasteiger partial charge on any atom is 0.125 e. The summed E-state index contributed by atoms with van der Waals surface area (Å²) in [6.45, 7) is 6.60. The van der Waals surface area contributed by atoms with Crippen LogP contribution in [-0.2, 0) is 0 Å². The van der Waals surface area contributed by atoms with E-state index in [0.717, 1.165) is 18.9 Å². The quantitative estimate of drug-likeness (QED) is 0.727. The summed E-state index contributed by atoms with van der Waals surface area (Å²) in [7, 11) is 0. The van der Waals surface area contributed by atoms with E-state index < -0.39 is 0 Å². The first-order valence-corrected chi connectivity index (χ1v) is 4.61. The Hall–Kier alpha value is -0.990. The van der Waals surface area contributed by atoms with E-state index in [2.05, 4.69) is 28.7 Å². The smallest absolute Gasteiger partial charge is 0.125 e. The average Bonchev–Trinajstić information content (AvgIpc) is 2.56. The van der Waals surface area contributed by atoms with Crippen LogP contribution in [0.5, 0.6) is 0 Å². The van der Waals surface area contributed by atoms with Gasteiger partial charge in [-0.25, -0.2) is 4.98 Å². The summed E-state index contributed by atoms with van der Waals surface area (Å²) in [5.74, 6) is 1.14. The summed E-state index contributed by atoms with van der Waals surface area (Å²) in [4.78, 5) is 9.46. The highest BCUT2D eigenvalue weighted by Crippen LogP contribution is 2.08. The van der Waals surface area contributed by atoms with Crippen LogP contribution in [-0.4, -0.2) is 23.1 Å². The Balaban J connectivity index is 2.53. The van der Waals surface area contributed by atoms with Gasteiger partial charge in [0, 0.05) is 13.1 Å². The van der Waals surface area contributed by atoms with Crippen molar-refractivity contribution in [2.45, 2.75) is 26.7 Å². The van der Waals surface area contributed by atoms with Crippen LogP contribution in [0.25, 0.3) is 0 Å². The Morgan fingerprint density at radius 1 is 1.33 bits per heavy atom. The highest BCUT2D eigenvalue weighted by atomic mass is 15.2. The van der Waals surface area contributed by atoms with Gasteiger partial charge in [-0.2, -0.15) is 0 Å². The highest BCUT2D eigenvalue weighted by molar-refractivity contribution is 5.34. The van der Waals surface area contributed by atoms with Crippen molar-refractivity contribution in [2.75, 3.05) is 18.0 Å². The van der Waals surface area contributed by atoms with E-state index >= 15 is 0 Å². The van der Waals surface area contributed by atoms with Gasteiger partial charge in [-0.05, 0) is 12.8 Å². The van der Waals surface area contributed by atoms with E-state index in [0.29, 0.717) is 0 Å². The lowest BCUT2D eigenvalue weighted by molar-refractivity contribution is 0.736. The molecule has 0 aromatic carbocycles. The molecule has 1 heterocycles. The molecule has 0 saturated carbocycles. The van der Waals surface area contributed by atoms with Gasteiger partial charge in [0.25, 0.3) is 0 Å². The molecule has 1 rings (SSSR count). The summed E-state index contributed by atoms with van der Waals surface area (Å²) in [6, 6.07) is 0. The van der Waals surface area contributed by atoms with Crippen molar-refractivity contribution in [2.24, 2.45) is 0 Å². The molecule has 0 fully saturated rings. The Labute approximate surface area is 73.8 Å². The van der Waals surface area contributed by atoms with Crippen molar-refractivity contribution in [3.63, 3.8) is 0 Å². The summed E-state index contributed by atoms with van der Waals surface area (Å²) >= 11 is 0. The maximum atomic E-state index is 4.01. The molecule has 0 aliphatic heterocycles. The first kappa shape index (κ1) is 9.10. The molecule has 0 amide bonds. The minimum absolute atomic E-state index is 1.11. The molecule has 1 aromatic heterocycles. The van der Waals surface area contributed by atoms with Crippen molar-refractivity contribution in [3.05, 3.63) is 12.5 Å². The first-order chi connectivity index (χ1) is 5.88. The predicted octanol–water partition coefficient (Wildman–Crippen LogP) is 2.04. The Morgan fingerprint density at radius 3 is 2.42 bits per heavy atom. The molecular weight excluding hydrogens is 150 g/mol. The van der Waals surface area contributed by atoms with Crippen molar-refractivity contribution >= 4 is 5.82 Å². The number of anilines is 1. The van der Waals surface area contributed by atoms with E-state index in [9.17, 15) is 0 Å². The third kappa shape index (κ3) is 2.26. The molecule has 1 N–H and O–H groups in total. The van der Waals surface area contributed by atoms with Crippen LogP contribution < -0.4 is 4.90 Å². The van der Waals surface area contributed by atoms with Crippen molar-refractivity contribution in [1.82, 2.24) is 9.97 Å². The van der Waals surface area contributed by atoms with Gasteiger partial charge in [0.1, 0.15) is 5.82 Å². The average molecular weight is 167 g/mol. The lowest BCUT2D eigenvalue weighted by atomic mass is 10.3. The molecule has 0 aliphatic rings. The molecule has 68 valence electrons. The molecular formula is C9H17N3. The van der Waals surface area contributed by atoms with E-state index in [-0.39, 0.29) is 0 Å². The molecule has 0 aliphatic carbocycles. The van der Waals surface area contributed by atoms with Gasteiger partial charge in [-0.15, -0.1) is 0 Å². The third-order valence-corrected chi connectivity index (χ3v) is 1.81. The molecule has 0 atom stereocenters. The Morgan fingerprint density at radius 2 is 2.00 bits per heavy atom. The number of hydrogen-bond donors (Lipinski definition) is 1. The molecule has 12 heavy (non-hydrogen) atoms. The number of nitrogens with zero attached hydrogens (tertiary/aromatic N) is 2. The zero-order valence-corrected chi connectivity index (χ0v) is 7.88. The van der Waals surface area contributed by atoms with Gasteiger partial charge < -0.3 is 9.88 Å². The standard InChI is InChI=1S/C9H17N3/c1-3-5-12(6-4-2)9-7-10-8-11-9/h7-8H,3-6H2,1-2H3,(H,10,11). The molecule has 0 saturated heterocycles. The second-order valence-electron chi connectivity index (χ2n) is 2.92. The second kappa shape index (κ2) is 4.80. The zero-order valence-electron chi connectivity index (χ0n) is 7.88. The zero-order chi connectivity index (χ0) is 8.81. The van der Waals surface area contributed by atoms with Gasteiger partial charge in [0.05, 0.1) is 12.5 Å². The molecule has 3 nitrogen and oxygen atoms in total. The van der Waals surface area contributed by atoms with Crippen LogP contribution >= 0.6 is 0 Å². The fraction of sp³-hybridized carbons (Fsp3) is 0.667. The fourth-order valence-electron chi connectivity index (χ4n) is 1.31. The van der Waals surface area contributed by atoms with E-state index in [1.165, 1.54) is 12.8 Å². The minimum Gasteiger partial charge on any atom is -0.357 e. The summed E-state index contributed by atoms with van der Waals surface area (Å²) in [5.41, 5.74) is 0. The van der Waals surface area contributed by atoms with Crippen molar-refractivity contribution in [3.8, 4) is 0 Å². The molecule has 0 bridgehead atoms. The number of aromatic nitrogens is 2. The number of imidazole rings is 1. The summed E-state index contributed by atoms with van der Waals surface area (Å²) in [5, 5.41) is 0. The maximum absolute atomic E-state index is 4.01. The highest BCUT2D eigenvalue weighted by Gasteiger charge is 2.03. The summed E-state index contributed by atoms with van der Waals surface area (Å²) < 4.78 is 0. The second-order valence-corrected chi connectivity index (χ2v) is 2.92. The van der Waals surface area contributed by atoms with Gasteiger partial charge in [-0.1, -0.05) is 13.8 Å². The SMILES string of the molecule is CCCN(CCC)c1cnc[nH]1. The molecule has 0 radical (unpaired) electrons. The van der Waals surface area contributed by atoms with Crippen LogP contribution in [0.2, 0.25) is 0 Å². The lowest BCUT2D eigenvalue weighted by Crippen LogP contribution is -2.24. The molecule has 0 unspecified atom stereocenters. The monoisotopic (exact) mass is 167 g/mol. The van der Waals surface area contributed by atoms with Gasteiger partial charge >= 0.3 is 0 Å². The number of rotatable bonds is 5. The van der Waals surface area contributed by atoms with E-state index in [4.69, 9.17) is 0 Å². The number of H-pyrrole nitrogens is 1. The van der Waals surface area contributed by atoms with Crippen molar-refractivity contribution < 1.29 is 0 Å². The normalized spacial score (nSPS) is 10.2. The van der Waals surface area contributed by atoms with Crippen molar-refractivity contribution in [1.29, 1.82) is 0 Å². The topological polar surface area (TPSA) is 31.9 Å². The third-order valence-electron chi connectivity index (χ3n) is 1.81. The van der Waals surface area contributed by atoms with Gasteiger partial charge in [0.2, 0.25) is 0 Å². The minimum atomic E-state index is 1.11. The predicted molar refractivity (Wildman–Crippen MR) is 51.4 cm³/mol. The number of aromatic amines is 1. The van der Waals surface area contributed by atoms with Crippen LogP contribution in [0, 0.1) is 0 Å². The molecule has 3 heteroatoms. The number of hydrogen-bond acceptors (Lipinski definition) is 2. The van der Waals surface area contributed by atoms with E-state index in [1.54, 1.807) is 6.33 Å². The summed E-state index contributed by atoms with van der Waals surface area (Å²) in [6.07, 6.45) is 5.97. The van der Waals surface area contributed by atoms with Crippen LogP contribution in [0.15, 0.2) is 12.5 Å². The molecule has 1 aromatic rings. The van der Waals surface area contributed by atoms with Gasteiger partial charge in [-0.3, -0.25) is 0 Å². The van der Waals surface area contributed by atoms with Crippen LogP contribution in [0.4, 0.5) is 5.82 Å². The fourth-order valence-corrected chi connectivity index (χ4v) is 1.31. The lowest BCUT2D eigenvalue weighted by Gasteiger charge is -2.20.